The van der Waals surface area contributed by atoms with E-state index in [9.17, 15) is 19.2 Å². The number of aliphatic carboxylic acids is 1. The van der Waals surface area contributed by atoms with Crippen molar-refractivity contribution in [2.75, 3.05) is 0 Å². The molecule has 3 rings (SSSR count). The van der Waals surface area contributed by atoms with E-state index in [1.165, 1.54) is 0 Å². The summed E-state index contributed by atoms with van der Waals surface area (Å²) in [5, 5.41) is 8.69. The van der Waals surface area contributed by atoms with Crippen molar-refractivity contribution in [3.05, 3.63) is 83.4 Å². The van der Waals surface area contributed by atoms with E-state index in [1.54, 1.807) is 42.5 Å². The van der Waals surface area contributed by atoms with Crippen molar-refractivity contribution in [2.24, 2.45) is 11.8 Å². The van der Waals surface area contributed by atoms with Gasteiger partial charge in [-0.25, -0.2) is 0 Å². The quantitative estimate of drug-likeness (QED) is 0.257. The molecule has 2 aromatic rings. The second-order valence-corrected chi connectivity index (χ2v) is 8.62. The lowest BCUT2D eigenvalue weighted by molar-refractivity contribution is -0.137. The molecular weight excluding hydrogens is 416 g/mol. The fraction of sp³-hybridized carbons (Fsp3) is 0.357. The Morgan fingerprint density at radius 1 is 0.848 bits per heavy atom. The maximum Gasteiger partial charge on any atom is 0.303 e. The second-order valence-electron chi connectivity index (χ2n) is 8.62. The predicted octanol–water partition coefficient (Wildman–Crippen LogP) is 5.68. The van der Waals surface area contributed by atoms with Gasteiger partial charge in [0.1, 0.15) is 5.78 Å². The molecule has 172 valence electrons. The van der Waals surface area contributed by atoms with E-state index in [1.807, 2.05) is 24.3 Å². The number of rotatable bonds is 12. The predicted molar refractivity (Wildman–Crippen MR) is 126 cm³/mol. The van der Waals surface area contributed by atoms with E-state index in [4.69, 9.17) is 5.11 Å². The standard InChI is InChI=1S/C28H30O5/c29-25(21-12-14-23(15-13-21)28(33)22-8-4-3-5-9-22)18-16-20-17-19-26(30)24(20)10-6-1-2-7-11-27(31)32/h3-5,8-9,12-16,18,20,24H,1-2,6-7,10-11,17,19H2,(H,31,32)/t20-,24+/m1/s1. The molecule has 0 spiro atoms. The minimum Gasteiger partial charge on any atom is -0.481 e. The number of ketones is 3. The minimum atomic E-state index is -0.770. The normalized spacial score (nSPS) is 18.0. The van der Waals surface area contributed by atoms with Crippen LogP contribution in [-0.4, -0.2) is 28.4 Å². The van der Waals surface area contributed by atoms with Crippen molar-refractivity contribution in [2.45, 2.75) is 51.4 Å². The van der Waals surface area contributed by atoms with Gasteiger partial charge in [-0.3, -0.25) is 19.2 Å². The van der Waals surface area contributed by atoms with Gasteiger partial charge in [-0.15, -0.1) is 0 Å². The summed E-state index contributed by atoms with van der Waals surface area (Å²) in [6.07, 6.45) is 9.04. The van der Waals surface area contributed by atoms with Crippen molar-refractivity contribution >= 4 is 23.3 Å². The Morgan fingerprint density at radius 2 is 1.48 bits per heavy atom. The highest BCUT2D eigenvalue weighted by Crippen LogP contribution is 2.34. The van der Waals surface area contributed by atoms with Gasteiger partial charge in [0.2, 0.25) is 0 Å². The molecule has 0 heterocycles. The number of benzene rings is 2. The van der Waals surface area contributed by atoms with Crippen LogP contribution in [0.25, 0.3) is 0 Å². The van der Waals surface area contributed by atoms with Crippen LogP contribution in [0.3, 0.4) is 0 Å². The first-order chi connectivity index (χ1) is 16.0. The highest BCUT2D eigenvalue weighted by molar-refractivity contribution is 6.10. The Morgan fingerprint density at radius 3 is 2.18 bits per heavy atom. The third-order valence-electron chi connectivity index (χ3n) is 6.27. The smallest absolute Gasteiger partial charge is 0.303 e. The molecule has 0 bridgehead atoms. The first kappa shape index (κ1) is 24.3. The summed E-state index contributed by atoms with van der Waals surface area (Å²) in [6, 6.07) is 15.7. The van der Waals surface area contributed by atoms with Gasteiger partial charge in [0.15, 0.2) is 11.6 Å². The van der Waals surface area contributed by atoms with Gasteiger partial charge in [0.25, 0.3) is 0 Å². The Kier molecular flexibility index (Phi) is 8.87. The maximum atomic E-state index is 12.6. The van der Waals surface area contributed by atoms with Crippen molar-refractivity contribution < 1.29 is 24.3 Å². The Bertz CT molecular complexity index is 1000. The highest BCUT2D eigenvalue weighted by atomic mass is 16.4. The molecule has 1 fully saturated rings. The number of hydrogen-bond donors (Lipinski definition) is 1. The van der Waals surface area contributed by atoms with E-state index < -0.39 is 5.97 Å². The SMILES string of the molecule is O=C(O)CCCCCC[C@@H]1C(=O)CC[C@H]1C=CC(=O)c1ccc(C(=O)c2ccccc2)cc1. The average molecular weight is 447 g/mol. The van der Waals surface area contributed by atoms with E-state index in [0.717, 1.165) is 32.1 Å². The lowest BCUT2D eigenvalue weighted by Crippen LogP contribution is -2.13. The number of unbranched alkanes of at least 4 members (excludes halogenated alkanes) is 3. The zero-order valence-corrected chi connectivity index (χ0v) is 18.7. The average Bonchev–Trinajstić information content (AvgIpc) is 3.18. The summed E-state index contributed by atoms with van der Waals surface area (Å²) in [4.78, 5) is 48.0. The molecule has 0 amide bonds. The lowest BCUT2D eigenvalue weighted by atomic mass is 9.89. The number of carbonyl (C=O) groups excluding carboxylic acids is 3. The molecule has 1 saturated carbocycles. The molecule has 2 aromatic carbocycles. The first-order valence-electron chi connectivity index (χ1n) is 11.6. The third kappa shape index (κ3) is 7.07. The fourth-order valence-electron chi connectivity index (χ4n) is 4.38. The van der Waals surface area contributed by atoms with E-state index >= 15 is 0 Å². The zero-order valence-electron chi connectivity index (χ0n) is 18.7. The van der Waals surface area contributed by atoms with Crippen LogP contribution in [0, 0.1) is 11.8 Å². The maximum absolute atomic E-state index is 12.6. The van der Waals surface area contributed by atoms with Crippen LogP contribution in [0.15, 0.2) is 66.7 Å². The zero-order chi connectivity index (χ0) is 23.6. The Labute approximate surface area is 194 Å². The molecule has 0 saturated heterocycles. The van der Waals surface area contributed by atoms with Crippen LogP contribution in [0.4, 0.5) is 0 Å². The topological polar surface area (TPSA) is 88.5 Å². The molecule has 2 atom stereocenters. The van der Waals surface area contributed by atoms with Crippen molar-refractivity contribution in [1.82, 2.24) is 0 Å². The minimum absolute atomic E-state index is 0.0561. The number of Topliss-reactive ketones (excluding diaryl/α,β-unsaturated/α-hetero) is 1. The summed E-state index contributed by atoms with van der Waals surface area (Å²) in [5.74, 6) is -0.723. The Balaban J connectivity index is 1.52. The molecule has 1 aliphatic carbocycles. The van der Waals surface area contributed by atoms with Crippen LogP contribution in [-0.2, 0) is 9.59 Å². The van der Waals surface area contributed by atoms with Crippen LogP contribution >= 0.6 is 0 Å². The van der Waals surface area contributed by atoms with E-state index in [-0.39, 0.29) is 35.6 Å². The van der Waals surface area contributed by atoms with Crippen LogP contribution in [0.5, 0.6) is 0 Å². The second kappa shape index (κ2) is 12.0. The molecule has 0 unspecified atom stereocenters. The van der Waals surface area contributed by atoms with Crippen LogP contribution in [0.2, 0.25) is 0 Å². The number of carbonyl (C=O) groups is 4. The van der Waals surface area contributed by atoms with E-state index in [0.29, 0.717) is 29.5 Å². The van der Waals surface area contributed by atoms with Crippen LogP contribution < -0.4 is 0 Å². The molecule has 0 radical (unpaired) electrons. The first-order valence-corrected chi connectivity index (χ1v) is 11.6. The van der Waals surface area contributed by atoms with Gasteiger partial charge in [-0.1, -0.05) is 79.9 Å². The van der Waals surface area contributed by atoms with Gasteiger partial charge >= 0.3 is 5.97 Å². The fourth-order valence-corrected chi connectivity index (χ4v) is 4.38. The van der Waals surface area contributed by atoms with Crippen molar-refractivity contribution in [3.8, 4) is 0 Å². The van der Waals surface area contributed by atoms with E-state index in [2.05, 4.69) is 0 Å². The van der Waals surface area contributed by atoms with Gasteiger partial charge < -0.3 is 5.11 Å². The molecule has 33 heavy (non-hydrogen) atoms. The highest BCUT2D eigenvalue weighted by Gasteiger charge is 2.32. The molecular formula is C28H30O5. The molecule has 1 N–H and O–H groups in total. The summed E-state index contributed by atoms with van der Waals surface area (Å²) < 4.78 is 0. The number of carboxylic acids is 1. The molecule has 0 aliphatic heterocycles. The van der Waals surface area contributed by atoms with Gasteiger partial charge in [-0.05, 0) is 31.3 Å². The van der Waals surface area contributed by atoms with Crippen molar-refractivity contribution in [3.63, 3.8) is 0 Å². The summed E-state index contributed by atoms with van der Waals surface area (Å²) in [5.41, 5.74) is 1.65. The van der Waals surface area contributed by atoms with Crippen LogP contribution in [0.1, 0.15) is 77.6 Å². The molecule has 0 aromatic heterocycles. The van der Waals surface area contributed by atoms with Crippen molar-refractivity contribution in [1.29, 1.82) is 0 Å². The summed E-state index contributed by atoms with van der Waals surface area (Å²) in [6.45, 7) is 0. The Hall–Kier alpha value is -3.34. The molecule has 1 aliphatic rings. The summed E-state index contributed by atoms with van der Waals surface area (Å²) in [7, 11) is 0. The monoisotopic (exact) mass is 446 g/mol. The molecule has 5 nitrogen and oxygen atoms in total. The summed E-state index contributed by atoms with van der Waals surface area (Å²) >= 11 is 0. The van der Waals surface area contributed by atoms with Gasteiger partial charge in [0, 0.05) is 35.4 Å². The largest absolute Gasteiger partial charge is 0.481 e. The van der Waals surface area contributed by atoms with Gasteiger partial charge in [0.05, 0.1) is 0 Å². The molecule has 5 heteroatoms. The number of hydrogen-bond acceptors (Lipinski definition) is 4. The third-order valence-corrected chi connectivity index (χ3v) is 6.27. The number of carboxylic acid groups (broad SMARTS) is 1. The van der Waals surface area contributed by atoms with Gasteiger partial charge in [-0.2, -0.15) is 0 Å². The lowest BCUT2D eigenvalue weighted by Gasteiger charge is -2.14. The number of allylic oxidation sites excluding steroid dienone is 2.